The second kappa shape index (κ2) is 8.09. The van der Waals surface area contributed by atoms with Gasteiger partial charge in [0, 0.05) is 11.3 Å². The van der Waals surface area contributed by atoms with Gasteiger partial charge in [-0.05, 0) is 54.0 Å². The first-order valence-corrected chi connectivity index (χ1v) is 7.88. The molecule has 0 aliphatic carbocycles. The van der Waals surface area contributed by atoms with E-state index in [1.807, 2.05) is 30.3 Å². The minimum absolute atomic E-state index is 0.275. The smallest absolute Gasteiger partial charge is 0.269 e. The predicted molar refractivity (Wildman–Crippen MR) is 98.5 cm³/mol. The van der Waals surface area contributed by atoms with Crippen molar-refractivity contribution in [2.24, 2.45) is 0 Å². The van der Waals surface area contributed by atoms with Crippen molar-refractivity contribution >= 4 is 28.9 Å². The van der Waals surface area contributed by atoms with Crippen LogP contribution < -0.4 is 16.2 Å². The number of rotatable bonds is 3. The summed E-state index contributed by atoms with van der Waals surface area (Å²) in [6.45, 7) is 4.26. The standard InChI is InChI=1S/C18H18N4OS/c1-12(2)14-6-8-16(9-7-14)20-18(24)22-21-17(23)15-5-3-4-13(10-15)11-19/h3-10,12H,1-2H3,(H,21,23)(H2,20,22,24). The van der Waals surface area contributed by atoms with Crippen LogP contribution in [-0.4, -0.2) is 11.0 Å². The molecule has 0 saturated heterocycles. The number of amides is 1. The largest absolute Gasteiger partial charge is 0.331 e. The summed E-state index contributed by atoms with van der Waals surface area (Å²) < 4.78 is 0. The van der Waals surface area contributed by atoms with E-state index in [1.165, 1.54) is 11.6 Å². The Balaban J connectivity index is 1.88. The first-order chi connectivity index (χ1) is 11.5. The maximum atomic E-state index is 12.0. The summed E-state index contributed by atoms with van der Waals surface area (Å²) in [5.74, 6) is 0.0963. The van der Waals surface area contributed by atoms with E-state index in [2.05, 4.69) is 30.0 Å². The van der Waals surface area contributed by atoms with E-state index in [4.69, 9.17) is 17.5 Å². The number of hydrogen-bond donors (Lipinski definition) is 3. The number of hydrazine groups is 1. The summed E-state index contributed by atoms with van der Waals surface area (Å²) in [4.78, 5) is 12.0. The number of benzene rings is 2. The predicted octanol–water partition coefficient (Wildman–Crippen LogP) is 3.31. The summed E-state index contributed by atoms with van der Waals surface area (Å²) in [5.41, 5.74) is 8.02. The minimum atomic E-state index is -0.369. The highest BCUT2D eigenvalue weighted by molar-refractivity contribution is 7.80. The third kappa shape index (κ3) is 4.80. The summed E-state index contributed by atoms with van der Waals surface area (Å²) >= 11 is 5.15. The number of nitriles is 1. The van der Waals surface area contributed by atoms with Gasteiger partial charge in [-0.2, -0.15) is 5.26 Å². The van der Waals surface area contributed by atoms with Gasteiger partial charge in [0.1, 0.15) is 0 Å². The first kappa shape index (κ1) is 17.4. The molecule has 0 aliphatic rings. The zero-order valence-corrected chi connectivity index (χ0v) is 14.3. The van der Waals surface area contributed by atoms with Crippen LogP contribution in [0, 0.1) is 11.3 Å². The van der Waals surface area contributed by atoms with Gasteiger partial charge < -0.3 is 5.32 Å². The van der Waals surface area contributed by atoms with Gasteiger partial charge >= 0.3 is 0 Å². The molecular weight excluding hydrogens is 320 g/mol. The molecule has 0 radical (unpaired) electrons. The van der Waals surface area contributed by atoms with Crippen LogP contribution in [0.4, 0.5) is 5.69 Å². The van der Waals surface area contributed by atoms with Gasteiger partial charge in [0.25, 0.3) is 5.91 Å². The molecule has 0 bridgehead atoms. The molecule has 2 rings (SSSR count). The third-order valence-electron chi connectivity index (χ3n) is 3.38. The second-order valence-corrected chi connectivity index (χ2v) is 5.91. The number of nitrogens with one attached hydrogen (secondary N) is 3. The van der Waals surface area contributed by atoms with Crippen molar-refractivity contribution in [2.75, 3.05) is 5.32 Å². The van der Waals surface area contributed by atoms with E-state index >= 15 is 0 Å². The van der Waals surface area contributed by atoms with Crippen LogP contribution in [0.15, 0.2) is 48.5 Å². The van der Waals surface area contributed by atoms with E-state index in [9.17, 15) is 4.79 Å². The lowest BCUT2D eigenvalue weighted by Gasteiger charge is -2.12. The number of anilines is 1. The number of carbonyl (C=O) groups is 1. The zero-order valence-electron chi connectivity index (χ0n) is 13.5. The number of nitrogens with zero attached hydrogens (tertiary/aromatic N) is 1. The van der Waals surface area contributed by atoms with Gasteiger partial charge in [0.2, 0.25) is 0 Å². The molecule has 0 unspecified atom stereocenters. The molecular formula is C18H18N4OS. The van der Waals surface area contributed by atoms with Crippen LogP contribution in [0.3, 0.4) is 0 Å². The summed E-state index contributed by atoms with van der Waals surface area (Å²) in [5, 5.41) is 12.1. The zero-order chi connectivity index (χ0) is 17.5. The van der Waals surface area contributed by atoms with E-state index in [0.717, 1.165) is 5.69 Å². The van der Waals surface area contributed by atoms with Gasteiger partial charge in [-0.25, -0.2) is 0 Å². The van der Waals surface area contributed by atoms with Gasteiger partial charge in [0.05, 0.1) is 11.6 Å². The van der Waals surface area contributed by atoms with E-state index < -0.39 is 0 Å². The fraction of sp³-hybridized carbons (Fsp3) is 0.167. The quantitative estimate of drug-likeness (QED) is 0.591. The maximum absolute atomic E-state index is 12.0. The molecule has 0 fully saturated rings. The lowest BCUT2D eigenvalue weighted by Crippen LogP contribution is -2.43. The minimum Gasteiger partial charge on any atom is -0.331 e. The van der Waals surface area contributed by atoms with E-state index in [0.29, 0.717) is 17.0 Å². The maximum Gasteiger partial charge on any atom is 0.269 e. The number of carbonyl (C=O) groups excluding carboxylic acids is 1. The van der Waals surface area contributed by atoms with Crippen molar-refractivity contribution in [1.29, 1.82) is 5.26 Å². The third-order valence-corrected chi connectivity index (χ3v) is 3.58. The fourth-order valence-electron chi connectivity index (χ4n) is 2.03. The van der Waals surface area contributed by atoms with Gasteiger partial charge in [-0.1, -0.05) is 32.0 Å². The van der Waals surface area contributed by atoms with E-state index in [-0.39, 0.29) is 11.0 Å². The van der Waals surface area contributed by atoms with Crippen molar-refractivity contribution < 1.29 is 4.79 Å². The fourth-order valence-corrected chi connectivity index (χ4v) is 2.20. The molecule has 0 heterocycles. The monoisotopic (exact) mass is 338 g/mol. The molecule has 3 N–H and O–H groups in total. The van der Waals surface area contributed by atoms with Gasteiger partial charge in [0.15, 0.2) is 5.11 Å². The Bertz CT molecular complexity index is 778. The Kier molecular flexibility index (Phi) is 5.88. The molecule has 0 atom stereocenters. The van der Waals surface area contributed by atoms with Crippen LogP contribution in [-0.2, 0) is 0 Å². The Morgan fingerprint density at radius 2 is 1.83 bits per heavy atom. The molecule has 122 valence electrons. The van der Waals surface area contributed by atoms with Crippen molar-refractivity contribution in [1.82, 2.24) is 10.9 Å². The van der Waals surface area contributed by atoms with Crippen LogP contribution in [0.2, 0.25) is 0 Å². The Labute approximate surface area is 146 Å². The molecule has 1 amide bonds. The molecule has 2 aromatic carbocycles. The topological polar surface area (TPSA) is 76.9 Å². The molecule has 5 nitrogen and oxygen atoms in total. The highest BCUT2D eigenvalue weighted by atomic mass is 32.1. The summed E-state index contributed by atoms with van der Waals surface area (Å²) in [7, 11) is 0. The van der Waals surface area contributed by atoms with Crippen molar-refractivity contribution in [3.8, 4) is 6.07 Å². The molecule has 0 saturated carbocycles. The molecule has 6 heteroatoms. The number of thiocarbonyl (C=S) groups is 1. The lowest BCUT2D eigenvalue weighted by molar-refractivity contribution is 0.0944. The molecule has 0 aromatic heterocycles. The molecule has 24 heavy (non-hydrogen) atoms. The number of hydrogen-bond acceptors (Lipinski definition) is 3. The first-order valence-electron chi connectivity index (χ1n) is 7.47. The van der Waals surface area contributed by atoms with Gasteiger partial charge in [-0.3, -0.25) is 15.6 Å². The molecule has 0 spiro atoms. The summed E-state index contributed by atoms with van der Waals surface area (Å²) in [6.07, 6.45) is 0. The van der Waals surface area contributed by atoms with Crippen LogP contribution >= 0.6 is 12.2 Å². The lowest BCUT2D eigenvalue weighted by atomic mass is 10.0. The van der Waals surface area contributed by atoms with Crippen LogP contribution in [0.25, 0.3) is 0 Å². The van der Waals surface area contributed by atoms with Crippen molar-refractivity contribution in [3.05, 3.63) is 65.2 Å². The average Bonchev–Trinajstić information content (AvgIpc) is 2.60. The Hall–Kier alpha value is -2.91. The normalized spacial score (nSPS) is 9.92. The highest BCUT2D eigenvalue weighted by Crippen LogP contribution is 2.16. The second-order valence-electron chi connectivity index (χ2n) is 5.50. The average molecular weight is 338 g/mol. The van der Waals surface area contributed by atoms with Crippen LogP contribution in [0.5, 0.6) is 0 Å². The Morgan fingerprint density at radius 1 is 1.12 bits per heavy atom. The van der Waals surface area contributed by atoms with E-state index in [1.54, 1.807) is 18.2 Å². The summed E-state index contributed by atoms with van der Waals surface area (Å²) in [6, 6.07) is 16.3. The van der Waals surface area contributed by atoms with Crippen LogP contribution in [0.1, 0.15) is 41.3 Å². The van der Waals surface area contributed by atoms with Crippen molar-refractivity contribution in [3.63, 3.8) is 0 Å². The SMILES string of the molecule is CC(C)c1ccc(NC(=S)NNC(=O)c2cccc(C#N)c2)cc1. The highest BCUT2D eigenvalue weighted by Gasteiger charge is 2.07. The molecule has 2 aromatic rings. The Morgan fingerprint density at radius 3 is 2.46 bits per heavy atom. The van der Waals surface area contributed by atoms with Crippen molar-refractivity contribution in [2.45, 2.75) is 19.8 Å². The van der Waals surface area contributed by atoms with Gasteiger partial charge in [-0.15, -0.1) is 0 Å². The molecule has 0 aliphatic heterocycles.